The van der Waals surface area contributed by atoms with Crippen LogP contribution in [0.4, 0.5) is 5.69 Å². The molecule has 0 saturated heterocycles. The van der Waals surface area contributed by atoms with E-state index < -0.39 is 6.10 Å². The molecule has 19 heavy (non-hydrogen) atoms. The van der Waals surface area contributed by atoms with E-state index in [9.17, 15) is 5.11 Å². The molecule has 3 nitrogen and oxygen atoms in total. The van der Waals surface area contributed by atoms with Crippen LogP contribution in [-0.2, 0) is 0 Å². The third kappa shape index (κ3) is 3.91. The van der Waals surface area contributed by atoms with E-state index in [0.717, 1.165) is 11.3 Å². The molecule has 2 aromatic carbocycles. The Labute approximate surface area is 117 Å². The number of hydrogen-bond acceptors (Lipinski definition) is 4. The molecule has 2 aromatic rings. The number of hydrogen-bond donors (Lipinski definition) is 2. The maximum atomic E-state index is 10.0. The molecule has 0 aliphatic rings. The highest BCUT2D eigenvalue weighted by Crippen LogP contribution is 2.21. The summed E-state index contributed by atoms with van der Waals surface area (Å²) in [6.45, 7) is 0.225. The Bertz CT molecular complexity index is 511. The molecule has 0 radical (unpaired) electrons. The molecule has 0 aromatic heterocycles. The largest absolute Gasteiger partial charge is 0.491 e. The van der Waals surface area contributed by atoms with Crippen LogP contribution < -0.4 is 10.5 Å². The van der Waals surface area contributed by atoms with Gasteiger partial charge in [0.15, 0.2) is 0 Å². The summed E-state index contributed by atoms with van der Waals surface area (Å²) in [5.74, 6) is 0.757. The summed E-state index contributed by atoms with van der Waals surface area (Å²) in [6, 6.07) is 15.0. The third-order valence-electron chi connectivity index (χ3n) is 2.79. The topological polar surface area (TPSA) is 55.5 Å². The molecular formula is C15H17NO2S. The van der Waals surface area contributed by atoms with Crippen molar-refractivity contribution in [1.29, 1.82) is 0 Å². The zero-order valence-electron chi connectivity index (χ0n) is 10.7. The number of aliphatic hydroxyl groups excluding tert-OH is 1. The van der Waals surface area contributed by atoms with Crippen LogP contribution in [0.1, 0.15) is 11.7 Å². The summed E-state index contributed by atoms with van der Waals surface area (Å²) in [5.41, 5.74) is 7.09. The van der Waals surface area contributed by atoms with Crippen LogP contribution in [-0.4, -0.2) is 18.0 Å². The Balaban J connectivity index is 1.92. The van der Waals surface area contributed by atoms with Gasteiger partial charge >= 0.3 is 0 Å². The van der Waals surface area contributed by atoms with Crippen LogP contribution in [0.3, 0.4) is 0 Å². The molecule has 1 unspecified atom stereocenters. The van der Waals surface area contributed by atoms with Crippen molar-refractivity contribution in [2.75, 3.05) is 18.6 Å². The van der Waals surface area contributed by atoms with E-state index in [2.05, 4.69) is 0 Å². The number of rotatable bonds is 5. The molecule has 0 bridgehead atoms. The van der Waals surface area contributed by atoms with E-state index in [0.29, 0.717) is 5.69 Å². The number of aliphatic hydroxyl groups is 1. The second-order valence-corrected chi connectivity index (χ2v) is 5.05. The average Bonchev–Trinajstić information content (AvgIpc) is 2.46. The molecule has 0 amide bonds. The zero-order valence-corrected chi connectivity index (χ0v) is 11.6. The van der Waals surface area contributed by atoms with Gasteiger partial charge in [-0.25, -0.2) is 0 Å². The molecule has 0 aliphatic carbocycles. The lowest BCUT2D eigenvalue weighted by Gasteiger charge is -2.13. The molecule has 2 rings (SSSR count). The molecule has 0 aliphatic heterocycles. The maximum absolute atomic E-state index is 10.0. The van der Waals surface area contributed by atoms with Gasteiger partial charge in [-0.05, 0) is 48.2 Å². The van der Waals surface area contributed by atoms with E-state index in [1.807, 2.05) is 30.5 Å². The molecule has 0 heterocycles. The number of nitrogens with two attached hydrogens (primary N) is 1. The first-order chi connectivity index (χ1) is 9.19. The number of thioether (sulfide) groups is 1. The molecule has 0 fully saturated rings. The summed E-state index contributed by atoms with van der Waals surface area (Å²) in [7, 11) is 0. The Morgan fingerprint density at radius 1 is 1.11 bits per heavy atom. The second-order valence-electron chi connectivity index (χ2n) is 4.17. The zero-order chi connectivity index (χ0) is 13.7. The highest BCUT2D eigenvalue weighted by atomic mass is 32.2. The fraction of sp³-hybridized carbons (Fsp3) is 0.200. The molecule has 0 spiro atoms. The van der Waals surface area contributed by atoms with Gasteiger partial charge in [0, 0.05) is 10.6 Å². The van der Waals surface area contributed by atoms with Crippen molar-refractivity contribution in [2.24, 2.45) is 0 Å². The normalized spacial score (nSPS) is 12.1. The fourth-order valence-electron chi connectivity index (χ4n) is 1.66. The van der Waals surface area contributed by atoms with Crippen molar-refractivity contribution in [1.82, 2.24) is 0 Å². The SMILES string of the molecule is CSc1ccc(OCC(O)c2ccc(N)cc2)cc1. The first-order valence-corrected chi connectivity index (χ1v) is 7.22. The van der Waals surface area contributed by atoms with Crippen LogP contribution in [0, 0.1) is 0 Å². The van der Waals surface area contributed by atoms with Gasteiger partial charge in [-0.2, -0.15) is 0 Å². The van der Waals surface area contributed by atoms with Crippen molar-refractivity contribution in [3.8, 4) is 5.75 Å². The predicted octanol–water partition coefficient (Wildman–Crippen LogP) is 3.10. The first kappa shape index (κ1) is 13.8. The average molecular weight is 275 g/mol. The summed E-state index contributed by atoms with van der Waals surface area (Å²) in [6.07, 6.45) is 1.38. The monoisotopic (exact) mass is 275 g/mol. The predicted molar refractivity (Wildman–Crippen MR) is 79.5 cm³/mol. The van der Waals surface area contributed by atoms with E-state index in [-0.39, 0.29) is 6.61 Å². The van der Waals surface area contributed by atoms with Gasteiger partial charge in [0.1, 0.15) is 18.5 Å². The van der Waals surface area contributed by atoms with E-state index in [1.54, 1.807) is 36.0 Å². The smallest absolute Gasteiger partial charge is 0.119 e. The van der Waals surface area contributed by atoms with Gasteiger partial charge < -0.3 is 15.6 Å². The quantitative estimate of drug-likeness (QED) is 0.650. The fourth-order valence-corrected chi connectivity index (χ4v) is 2.07. The Hall–Kier alpha value is -1.65. The molecule has 1 atom stereocenters. The minimum atomic E-state index is -0.652. The highest BCUT2D eigenvalue weighted by molar-refractivity contribution is 7.98. The lowest BCUT2D eigenvalue weighted by Crippen LogP contribution is -2.09. The number of anilines is 1. The summed E-state index contributed by atoms with van der Waals surface area (Å²) < 4.78 is 5.56. The Morgan fingerprint density at radius 3 is 2.32 bits per heavy atom. The maximum Gasteiger partial charge on any atom is 0.119 e. The van der Waals surface area contributed by atoms with Gasteiger partial charge in [-0.3, -0.25) is 0 Å². The highest BCUT2D eigenvalue weighted by Gasteiger charge is 2.08. The van der Waals surface area contributed by atoms with Gasteiger partial charge in [0.2, 0.25) is 0 Å². The van der Waals surface area contributed by atoms with Crippen molar-refractivity contribution in [3.05, 3.63) is 54.1 Å². The summed E-state index contributed by atoms with van der Waals surface area (Å²) in [5, 5.41) is 10.0. The molecular weight excluding hydrogens is 258 g/mol. The van der Waals surface area contributed by atoms with Crippen LogP contribution >= 0.6 is 11.8 Å². The van der Waals surface area contributed by atoms with Crippen LogP contribution in [0.2, 0.25) is 0 Å². The lowest BCUT2D eigenvalue weighted by molar-refractivity contribution is 0.108. The molecule has 0 saturated carbocycles. The van der Waals surface area contributed by atoms with Gasteiger partial charge in [0.05, 0.1) is 0 Å². The van der Waals surface area contributed by atoms with E-state index in [1.165, 1.54) is 4.90 Å². The van der Waals surface area contributed by atoms with Crippen molar-refractivity contribution in [2.45, 2.75) is 11.0 Å². The number of nitrogen functional groups attached to an aromatic ring is 1. The minimum absolute atomic E-state index is 0.225. The standard InChI is InChI=1S/C15H17NO2S/c1-19-14-8-6-13(7-9-14)18-10-15(17)11-2-4-12(16)5-3-11/h2-9,15,17H,10,16H2,1H3. The first-order valence-electron chi connectivity index (χ1n) is 5.99. The molecule has 4 heteroatoms. The van der Waals surface area contributed by atoms with Crippen molar-refractivity contribution >= 4 is 17.4 Å². The van der Waals surface area contributed by atoms with Crippen molar-refractivity contribution < 1.29 is 9.84 Å². The van der Waals surface area contributed by atoms with Gasteiger partial charge in [-0.1, -0.05) is 12.1 Å². The van der Waals surface area contributed by atoms with Crippen molar-refractivity contribution in [3.63, 3.8) is 0 Å². The van der Waals surface area contributed by atoms with E-state index in [4.69, 9.17) is 10.5 Å². The molecule has 3 N–H and O–H groups in total. The van der Waals surface area contributed by atoms with Crippen LogP contribution in [0.5, 0.6) is 5.75 Å². The number of benzene rings is 2. The Kier molecular flexibility index (Phi) is 4.71. The second kappa shape index (κ2) is 6.50. The Morgan fingerprint density at radius 2 is 1.74 bits per heavy atom. The van der Waals surface area contributed by atoms with Gasteiger partial charge in [0.25, 0.3) is 0 Å². The summed E-state index contributed by atoms with van der Waals surface area (Å²) >= 11 is 1.68. The van der Waals surface area contributed by atoms with Crippen LogP contribution in [0.25, 0.3) is 0 Å². The summed E-state index contributed by atoms with van der Waals surface area (Å²) in [4.78, 5) is 1.19. The third-order valence-corrected chi connectivity index (χ3v) is 3.53. The van der Waals surface area contributed by atoms with E-state index >= 15 is 0 Å². The number of ether oxygens (including phenoxy) is 1. The van der Waals surface area contributed by atoms with Gasteiger partial charge in [-0.15, -0.1) is 11.8 Å². The minimum Gasteiger partial charge on any atom is -0.491 e. The van der Waals surface area contributed by atoms with Crippen LogP contribution in [0.15, 0.2) is 53.4 Å². The lowest BCUT2D eigenvalue weighted by atomic mass is 10.1. The molecule has 100 valence electrons.